The largest absolute Gasteiger partial charge is 0.374 e. The van der Waals surface area contributed by atoms with E-state index in [4.69, 9.17) is 4.74 Å². The number of aliphatic imine (C=N–C) groups is 1. The van der Waals surface area contributed by atoms with Gasteiger partial charge >= 0.3 is 0 Å². The fourth-order valence-corrected chi connectivity index (χ4v) is 4.22. The first-order valence-corrected chi connectivity index (χ1v) is 8.46. The Bertz CT molecular complexity index is 547. The third-order valence-corrected chi connectivity index (χ3v) is 5.24. The maximum absolute atomic E-state index is 6.04. The summed E-state index contributed by atoms with van der Waals surface area (Å²) in [6.45, 7) is 3.73. The molecule has 2 bridgehead atoms. The van der Waals surface area contributed by atoms with Crippen molar-refractivity contribution in [3.05, 3.63) is 18.6 Å². The van der Waals surface area contributed by atoms with Crippen LogP contribution in [0, 0.1) is 11.8 Å². The topological polar surface area (TPSA) is 74.7 Å². The lowest BCUT2D eigenvalue weighted by atomic mass is 9.82. The minimum Gasteiger partial charge on any atom is -0.374 e. The molecule has 0 amide bonds. The standard InChI is InChI=1S/C16H24N6O/c1-17-16(21-7-6-20-15-8-18-4-5-19-15)22-9-11-12(10-22)14-3-2-13(11)23-14/h4-5,8,11-14H,2-3,6-7,9-10H2,1H3,(H,17,21)(H,19,20). The molecule has 3 saturated heterocycles. The molecule has 4 rings (SSSR count). The van der Waals surface area contributed by atoms with Crippen molar-refractivity contribution in [3.8, 4) is 0 Å². The lowest BCUT2D eigenvalue weighted by Gasteiger charge is -2.23. The Kier molecular flexibility index (Phi) is 4.03. The number of rotatable bonds is 4. The summed E-state index contributed by atoms with van der Waals surface area (Å²) < 4.78 is 6.04. The molecular formula is C16H24N6O. The second kappa shape index (κ2) is 6.31. The molecule has 4 heterocycles. The normalized spacial score (nSPS) is 32.2. The molecule has 1 aromatic rings. The fourth-order valence-electron chi connectivity index (χ4n) is 4.22. The van der Waals surface area contributed by atoms with Crippen LogP contribution in [-0.4, -0.2) is 66.3 Å². The molecule has 0 radical (unpaired) electrons. The molecule has 4 atom stereocenters. The van der Waals surface area contributed by atoms with Gasteiger partial charge in [0.25, 0.3) is 0 Å². The number of hydrogen-bond donors (Lipinski definition) is 2. The van der Waals surface area contributed by atoms with Gasteiger partial charge in [0, 0.05) is 57.5 Å². The monoisotopic (exact) mass is 316 g/mol. The van der Waals surface area contributed by atoms with Gasteiger partial charge < -0.3 is 20.3 Å². The highest BCUT2D eigenvalue weighted by molar-refractivity contribution is 5.80. The Hall–Kier alpha value is -1.89. The zero-order valence-corrected chi connectivity index (χ0v) is 13.5. The molecule has 0 aromatic carbocycles. The van der Waals surface area contributed by atoms with E-state index in [1.807, 2.05) is 7.05 Å². The number of likely N-dealkylation sites (tertiary alicyclic amines) is 1. The summed E-state index contributed by atoms with van der Waals surface area (Å²) in [5.41, 5.74) is 0. The van der Waals surface area contributed by atoms with E-state index in [0.29, 0.717) is 24.0 Å². The van der Waals surface area contributed by atoms with Crippen molar-refractivity contribution in [2.45, 2.75) is 25.0 Å². The molecule has 7 heteroatoms. The van der Waals surface area contributed by atoms with Crippen LogP contribution in [0.1, 0.15) is 12.8 Å². The zero-order valence-electron chi connectivity index (χ0n) is 13.5. The van der Waals surface area contributed by atoms with Crippen molar-refractivity contribution in [2.24, 2.45) is 16.8 Å². The first-order chi connectivity index (χ1) is 11.3. The van der Waals surface area contributed by atoms with Gasteiger partial charge in [-0.15, -0.1) is 0 Å². The van der Waals surface area contributed by atoms with Gasteiger partial charge in [-0.3, -0.25) is 9.98 Å². The van der Waals surface area contributed by atoms with E-state index in [1.165, 1.54) is 12.8 Å². The van der Waals surface area contributed by atoms with Crippen LogP contribution in [0.2, 0.25) is 0 Å². The van der Waals surface area contributed by atoms with Crippen LogP contribution in [0.15, 0.2) is 23.6 Å². The Morgan fingerprint density at radius 1 is 1.26 bits per heavy atom. The first-order valence-electron chi connectivity index (χ1n) is 8.46. The summed E-state index contributed by atoms with van der Waals surface area (Å²) >= 11 is 0. The maximum Gasteiger partial charge on any atom is 0.193 e. The lowest BCUT2D eigenvalue weighted by molar-refractivity contribution is 0.0767. The zero-order chi connectivity index (χ0) is 15.6. The van der Waals surface area contributed by atoms with Crippen LogP contribution in [0.4, 0.5) is 5.82 Å². The number of ether oxygens (including phenoxy) is 1. The number of aromatic nitrogens is 2. The van der Waals surface area contributed by atoms with Crippen LogP contribution in [0.5, 0.6) is 0 Å². The first kappa shape index (κ1) is 14.7. The van der Waals surface area contributed by atoms with Gasteiger partial charge in [0.15, 0.2) is 5.96 Å². The number of nitrogens with one attached hydrogen (secondary N) is 2. The minimum absolute atomic E-state index is 0.492. The van der Waals surface area contributed by atoms with Crippen molar-refractivity contribution in [3.63, 3.8) is 0 Å². The SMILES string of the molecule is CN=C(NCCNc1cnccn1)N1CC2C3CCC(O3)C2C1. The predicted octanol–water partition coefficient (Wildman–Crippen LogP) is 0.573. The van der Waals surface area contributed by atoms with Gasteiger partial charge in [0.05, 0.1) is 18.4 Å². The molecule has 3 aliphatic heterocycles. The molecule has 7 nitrogen and oxygen atoms in total. The van der Waals surface area contributed by atoms with Crippen LogP contribution in [0.25, 0.3) is 0 Å². The van der Waals surface area contributed by atoms with E-state index in [2.05, 4.69) is 30.5 Å². The molecule has 0 saturated carbocycles. The summed E-state index contributed by atoms with van der Waals surface area (Å²) in [7, 11) is 1.86. The van der Waals surface area contributed by atoms with E-state index < -0.39 is 0 Å². The molecule has 124 valence electrons. The minimum atomic E-state index is 0.492. The van der Waals surface area contributed by atoms with E-state index in [9.17, 15) is 0 Å². The molecule has 1 aromatic heterocycles. The van der Waals surface area contributed by atoms with E-state index in [0.717, 1.165) is 38.0 Å². The molecule has 0 aliphatic carbocycles. The summed E-state index contributed by atoms with van der Waals surface area (Å²) in [5, 5.41) is 6.69. The fraction of sp³-hybridized carbons (Fsp3) is 0.688. The molecular weight excluding hydrogens is 292 g/mol. The number of nitrogens with zero attached hydrogens (tertiary/aromatic N) is 4. The Morgan fingerprint density at radius 3 is 2.70 bits per heavy atom. The highest BCUT2D eigenvalue weighted by atomic mass is 16.5. The van der Waals surface area contributed by atoms with Gasteiger partial charge in [-0.05, 0) is 12.8 Å². The van der Waals surface area contributed by atoms with Gasteiger partial charge in [0.1, 0.15) is 5.82 Å². The average molecular weight is 316 g/mol. The molecule has 3 fully saturated rings. The third-order valence-electron chi connectivity index (χ3n) is 5.24. The molecule has 0 spiro atoms. The average Bonchev–Trinajstić information content (AvgIpc) is 3.29. The number of fused-ring (bicyclic) bond motifs is 5. The Morgan fingerprint density at radius 2 is 2.04 bits per heavy atom. The van der Waals surface area contributed by atoms with E-state index in [1.54, 1.807) is 18.6 Å². The maximum atomic E-state index is 6.04. The second-order valence-corrected chi connectivity index (χ2v) is 6.51. The second-order valence-electron chi connectivity index (χ2n) is 6.51. The Labute approximate surface area is 136 Å². The lowest BCUT2D eigenvalue weighted by Crippen LogP contribution is -2.42. The van der Waals surface area contributed by atoms with Crippen LogP contribution < -0.4 is 10.6 Å². The van der Waals surface area contributed by atoms with Gasteiger partial charge in [-0.2, -0.15) is 0 Å². The van der Waals surface area contributed by atoms with Crippen LogP contribution in [0.3, 0.4) is 0 Å². The quantitative estimate of drug-likeness (QED) is 0.481. The number of anilines is 1. The summed E-state index contributed by atoms with van der Waals surface area (Å²) in [6.07, 6.45) is 8.56. The highest BCUT2D eigenvalue weighted by Crippen LogP contribution is 2.47. The smallest absolute Gasteiger partial charge is 0.193 e. The molecule has 4 unspecified atom stereocenters. The molecule has 23 heavy (non-hydrogen) atoms. The molecule has 3 aliphatic rings. The van der Waals surface area contributed by atoms with Crippen molar-refractivity contribution in [1.82, 2.24) is 20.2 Å². The summed E-state index contributed by atoms with van der Waals surface area (Å²) in [6, 6.07) is 0. The summed E-state index contributed by atoms with van der Waals surface area (Å²) in [4.78, 5) is 15.1. The number of guanidine groups is 1. The summed E-state index contributed by atoms with van der Waals surface area (Å²) in [5.74, 6) is 3.20. The molecule has 2 N–H and O–H groups in total. The van der Waals surface area contributed by atoms with Crippen LogP contribution in [-0.2, 0) is 4.74 Å². The van der Waals surface area contributed by atoms with Gasteiger partial charge in [-0.25, -0.2) is 4.98 Å². The Balaban J connectivity index is 1.25. The van der Waals surface area contributed by atoms with Gasteiger partial charge in [-0.1, -0.05) is 0 Å². The highest BCUT2D eigenvalue weighted by Gasteiger charge is 2.53. The number of hydrogen-bond acceptors (Lipinski definition) is 5. The predicted molar refractivity (Wildman–Crippen MR) is 88.3 cm³/mol. The van der Waals surface area contributed by atoms with E-state index >= 15 is 0 Å². The van der Waals surface area contributed by atoms with E-state index in [-0.39, 0.29) is 0 Å². The van der Waals surface area contributed by atoms with Crippen molar-refractivity contribution in [1.29, 1.82) is 0 Å². The van der Waals surface area contributed by atoms with Gasteiger partial charge in [0.2, 0.25) is 0 Å². The van der Waals surface area contributed by atoms with Crippen molar-refractivity contribution >= 4 is 11.8 Å². The van der Waals surface area contributed by atoms with Crippen LogP contribution >= 0.6 is 0 Å². The third kappa shape index (κ3) is 2.85. The van der Waals surface area contributed by atoms with Crippen molar-refractivity contribution < 1.29 is 4.74 Å². The van der Waals surface area contributed by atoms with Crippen molar-refractivity contribution in [2.75, 3.05) is 38.5 Å².